The second-order valence-electron chi connectivity index (χ2n) is 6.33. The van der Waals surface area contributed by atoms with Gasteiger partial charge in [0.15, 0.2) is 5.16 Å². The van der Waals surface area contributed by atoms with E-state index in [9.17, 15) is 4.79 Å². The summed E-state index contributed by atoms with van der Waals surface area (Å²) in [6.45, 7) is 4.41. The molecule has 3 aromatic rings. The van der Waals surface area contributed by atoms with Gasteiger partial charge >= 0.3 is 0 Å². The number of amides is 1. The Hall–Kier alpha value is -2.80. The van der Waals surface area contributed by atoms with Gasteiger partial charge in [0.25, 0.3) is 0 Å². The number of rotatable bonds is 8. The maximum Gasteiger partial charge on any atom is 0.237 e. The van der Waals surface area contributed by atoms with Crippen LogP contribution in [0.3, 0.4) is 0 Å². The number of carbonyl (C=O) groups excluding carboxylic acids is 1. The standard InChI is InChI=1S/C21H24N4O2S/c1-4-27-18-12-10-17(11-13-18)22-20(26)15(2)28-21-24-23-19(25(21)3)14-16-8-6-5-7-9-16/h5-13,15H,4,14H2,1-3H3,(H,22,26)/t15-/m1/s1. The molecule has 7 heteroatoms. The lowest BCUT2D eigenvalue weighted by atomic mass is 10.1. The zero-order chi connectivity index (χ0) is 19.9. The van der Waals surface area contributed by atoms with Crippen LogP contribution < -0.4 is 10.1 Å². The maximum atomic E-state index is 12.5. The maximum absolute atomic E-state index is 12.5. The Labute approximate surface area is 169 Å². The average molecular weight is 397 g/mol. The minimum absolute atomic E-state index is 0.0817. The number of benzene rings is 2. The molecule has 1 aromatic heterocycles. The van der Waals surface area contributed by atoms with E-state index in [0.717, 1.165) is 22.4 Å². The molecule has 0 aliphatic heterocycles. The van der Waals surface area contributed by atoms with Crippen molar-refractivity contribution in [3.63, 3.8) is 0 Å². The van der Waals surface area contributed by atoms with Crippen LogP contribution in [0.15, 0.2) is 59.8 Å². The molecule has 2 aromatic carbocycles. The molecule has 6 nitrogen and oxygen atoms in total. The Morgan fingerprint density at radius 3 is 2.54 bits per heavy atom. The number of aromatic nitrogens is 3. The minimum atomic E-state index is -0.306. The fourth-order valence-electron chi connectivity index (χ4n) is 2.64. The average Bonchev–Trinajstić information content (AvgIpc) is 3.04. The first-order valence-corrected chi connectivity index (χ1v) is 10.1. The fourth-order valence-corrected chi connectivity index (χ4v) is 3.47. The summed E-state index contributed by atoms with van der Waals surface area (Å²) in [4.78, 5) is 12.5. The highest BCUT2D eigenvalue weighted by Gasteiger charge is 2.19. The summed E-state index contributed by atoms with van der Waals surface area (Å²) in [5.74, 6) is 1.57. The number of hydrogen-bond donors (Lipinski definition) is 1. The first-order chi connectivity index (χ1) is 13.6. The number of carbonyl (C=O) groups is 1. The van der Waals surface area contributed by atoms with E-state index in [1.165, 1.54) is 17.3 Å². The Balaban J connectivity index is 1.59. The van der Waals surface area contributed by atoms with Crippen LogP contribution in [0.5, 0.6) is 5.75 Å². The number of nitrogens with zero attached hydrogens (tertiary/aromatic N) is 3. The molecule has 1 amide bonds. The largest absolute Gasteiger partial charge is 0.494 e. The van der Waals surface area contributed by atoms with Crippen LogP contribution in [-0.2, 0) is 18.3 Å². The van der Waals surface area contributed by atoms with Crippen molar-refractivity contribution in [1.82, 2.24) is 14.8 Å². The molecule has 0 saturated heterocycles. The smallest absolute Gasteiger partial charge is 0.237 e. The monoisotopic (exact) mass is 396 g/mol. The molecule has 1 heterocycles. The quantitative estimate of drug-likeness (QED) is 0.585. The molecule has 1 N–H and O–H groups in total. The van der Waals surface area contributed by atoms with E-state index < -0.39 is 0 Å². The van der Waals surface area contributed by atoms with E-state index >= 15 is 0 Å². The molecule has 0 bridgehead atoms. The van der Waals surface area contributed by atoms with Crippen LogP contribution in [0.1, 0.15) is 25.2 Å². The molecular weight excluding hydrogens is 372 g/mol. The van der Waals surface area contributed by atoms with Gasteiger partial charge in [0.05, 0.1) is 11.9 Å². The van der Waals surface area contributed by atoms with Crippen LogP contribution >= 0.6 is 11.8 Å². The van der Waals surface area contributed by atoms with Gasteiger partial charge in [0.2, 0.25) is 5.91 Å². The van der Waals surface area contributed by atoms with Crippen molar-refractivity contribution in [2.24, 2.45) is 7.05 Å². The Kier molecular flexibility index (Phi) is 6.71. The molecule has 0 fully saturated rings. The summed E-state index contributed by atoms with van der Waals surface area (Å²) in [5.41, 5.74) is 1.92. The molecule has 0 radical (unpaired) electrons. The molecule has 0 aliphatic rings. The van der Waals surface area contributed by atoms with E-state index in [0.29, 0.717) is 13.0 Å². The molecule has 0 unspecified atom stereocenters. The van der Waals surface area contributed by atoms with Crippen molar-refractivity contribution in [3.05, 3.63) is 66.0 Å². The summed E-state index contributed by atoms with van der Waals surface area (Å²) in [5, 5.41) is 11.9. The van der Waals surface area contributed by atoms with Crippen LogP contribution in [0.25, 0.3) is 0 Å². The van der Waals surface area contributed by atoms with Gasteiger partial charge in [-0.25, -0.2) is 0 Å². The Bertz CT molecular complexity index is 910. The topological polar surface area (TPSA) is 69.0 Å². The molecule has 0 aliphatic carbocycles. The van der Waals surface area contributed by atoms with Gasteiger partial charge in [-0.3, -0.25) is 4.79 Å². The lowest BCUT2D eigenvalue weighted by molar-refractivity contribution is -0.115. The van der Waals surface area contributed by atoms with Gasteiger partial charge in [0, 0.05) is 19.2 Å². The number of hydrogen-bond acceptors (Lipinski definition) is 5. The van der Waals surface area contributed by atoms with E-state index in [1.54, 1.807) is 0 Å². The van der Waals surface area contributed by atoms with Gasteiger partial charge in [0.1, 0.15) is 11.6 Å². The predicted molar refractivity (Wildman–Crippen MR) is 112 cm³/mol. The number of thioether (sulfide) groups is 1. The molecule has 0 spiro atoms. The van der Waals surface area contributed by atoms with Gasteiger partial charge in [-0.15, -0.1) is 10.2 Å². The van der Waals surface area contributed by atoms with Gasteiger partial charge < -0.3 is 14.6 Å². The van der Waals surface area contributed by atoms with Crippen molar-refractivity contribution in [3.8, 4) is 5.75 Å². The van der Waals surface area contributed by atoms with E-state index in [1.807, 2.05) is 67.9 Å². The molecule has 28 heavy (non-hydrogen) atoms. The summed E-state index contributed by atoms with van der Waals surface area (Å²) < 4.78 is 7.36. The summed E-state index contributed by atoms with van der Waals surface area (Å²) in [6, 6.07) is 17.5. The lowest BCUT2D eigenvalue weighted by Gasteiger charge is -2.12. The Morgan fingerprint density at radius 2 is 1.86 bits per heavy atom. The molecular formula is C21H24N4O2S. The SMILES string of the molecule is CCOc1ccc(NC(=O)[C@@H](C)Sc2nnc(Cc3ccccc3)n2C)cc1. The van der Waals surface area contributed by atoms with Crippen LogP contribution in [0.4, 0.5) is 5.69 Å². The third-order valence-corrected chi connectivity index (χ3v) is 5.35. The first kappa shape index (κ1) is 19.9. The minimum Gasteiger partial charge on any atom is -0.494 e. The fraction of sp³-hybridized carbons (Fsp3) is 0.286. The van der Waals surface area contributed by atoms with E-state index in [2.05, 4.69) is 27.6 Å². The highest BCUT2D eigenvalue weighted by Crippen LogP contribution is 2.24. The van der Waals surface area contributed by atoms with Crippen molar-refractivity contribution >= 4 is 23.4 Å². The number of ether oxygens (including phenoxy) is 1. The van der Waals surface area contributed by atoms with Crippen molar-refractivity contribution in [2.75, 3.05) is 11.9 Å². The lowest BCUT2D eigenvalue weighted by Crippen LogP contribution is -2.22. The molecule has 1 atom stereocenters. The van der Waals surface area contributed by atoms with E-state index in [-0.39, 0.29) is 11.2 Å². The van der Waals surface area contributed by atoms with E-state index in [4.69, 9.17) is 4.74 Å². The van der Waals surface area contributed by atoms with Crippen molar-refractivity contribution in [1.29, 1.82) is 0 Å². The molecule has 146 valence electrons. The van der Waals surface area contributed by atoms with Crippen molar-refractivity contribution < 1.29 is 9.53 Å². The van der Waals surface area contributed by atoms with Gasteiger partial charge in [-0.1, -0.05) is 42.1 Å². The summed E-state index contributed by atoms with van der Waals surface area (Å²) in [6.07, 6.45) is 0.706. The second kappa shape index (κ2) is 9.41. The Morgan fingerprint density at radius 1 is 1.14 bits per heavy atom. The normalized spacial score (nSPS) is 11.8. The van der Waals surface area contributed by atoms with Gasteiger partial charge in [-0.2, -0.15) is 0 Å². The highest BCUT2D eigenvalue weighted by molar-refractivity contribution is 8.00. The first-order valence-electron chi connectivity index (χ1n) is 9.19. The third-order valence-electron chi connectivity index (χ3n) is 4.21. The summed E-state index contributed by atoms with van der Waals surface area (Å²) in [7, 11) is 1.93. The third kappa shape index (κ3) is 5.13. The number of anilines is 1. The number of nitrogens with one attached hydrogen (secondary N) is 1. The van der Waals surface area contributed by atoms with Crippen LogP contribution in [-0.4, -0.2) is 32.5 Å². The molecule has 3 rings (SSSR count). The van der Waals surface area contributed by atoms with Crippen molar-refractivity contribution in [2.45, 2.75) is 30.7 Å². The zero-order valence-electron chi connectivity index (χ0n) is 16.3. The zero-order valence-corrected chi connectivity index (χ0v) is 17.1. The molecule has 0 saturated carbocycles. The predicted octanol–water partition coefficient (Wildman–Crippen LogP) is 3.92. The van der Waals surface area contributed by atoms with Crippen LogP contribution in [0.2, 0.25) is 0 Å². The highest BCUT2D eigenvalue weighted by atomic mass is 32.2. The van der Waals surface area contributed by atoms with Gasteiger partial charge in [-0.05, 0) is 43.7 Å². The second-order valence-corrected chi connectivity index (χ2v) is 7.63. The van der Waals surface area contributed by atoms with Crippen LogP contribution in [0, 0.1) is 0 Å². The summed E-state index contributed by atoms with van der Waals surface area (Å²) >= 11 is 1.39.